The molecule has 0 unspecified atom stereocenters. The molecule has 0 saturated heterocycles. The van der Waals surface area contributed by atoms with Gasteiger partial charge in [-0.1, -0.05) is 25.4 Å². The van der Waals surface area contributed by atoms with E-state index in [4.69, 9.17) is 16.3 Å². The molecule has 3 aromatic rings. The van der Waals surface area contributed by atoms with Crippen molar-refractivity contribution in [2.75, 3.05) is 11.9 Å². The molecule has 0 aliphatic rings. The van der Waals surface area contributed by atoms with E-state index in [0.717, 1.165) is 0 Å². The van der Waals surface area contributed by atoms with E-state index in [-0.39, 0.29) is 11.6 Å². The number of rotatable bonds is 5. The Kier molecular flexibility index (Phi) is 4.66. The summed E-state index contributed by atoms with van der Waals surface area (Å²) in [4.78, 5) is 20.6. The van der Waals surface area contributed by atoms with Crippen molar-refractivity contribution in [3.63, 3.8) is 0 Å². The van der Waals surface area contributed by atoms with E-state index in [2.05, 4.69) is 29.1 Å². The minimum absolute atomic E-state index is 0.282. The summed E-state index contributed by atoms with van der Waals surface area (Å²) in [5, 5.41) is 3.22. The van der Waals surface area contributed by atoms with Gasteiger partial charge in [-0.15, -0.1) is 0 Å². The molecule has 124 valence electrons. The maximum atomic E-state index is 12.3. The van der Waals surface area contributed by atoms with Crippen LogP contribution in [0.3, 0.4) is 0 Å². The lowest BCUT2D eigenvalue weighted by atomic mass is 10.2. The third-order valence-corrected chi connectivity index (χ3v) is 3.53. The molecule has 0 aliphatic carbocycles. The summed E-state index contributed by atoms with van der Waals surface area (Å²) < 4.78 is 7.30. The van der Waals surface area contributed by atoms with E-state index in [1.165, 1.54) is 0 Å². The summed E-state index contributed by atoms with van der Waals surface area (Å²) in [7, 11) is 0. The number of carbonyl (C=O) groups excluding carboxylic acids is 1. The van der Waals surface area contributed by atoms with Crippen LogP contribution in [0.15, 0.2) is 42.9 Å². The van der Waals surface area contributed by atoms with Crippen LogP contribution in [0.2, 0.25) is 5.02 Å². The summed E-state index contributed by atoms with van der Waals surface area (Å²) >= 11 is 6.20. The lowest BCUT2D eigenvalue weighted by Gasteiger charge is -2.11. The van der Waals surface area contributed by atoms with Crippen molar-refractivity contribution in [3.8, 4) is 5.75 Å². The van der Waals surface area contributed by atoms with Crippen LogP contribution in [0.25, 0.3) is 5.78 Å². The Morgan fingerprint density at radius 2 is 2.25 bits per heavy atom. The van der Waals surface area contributed by atoms with Crippen molar-refractivity contribution < 1.29 is 9.53 Å². The number of imidazole rings is 1. The topological polar surface area (TPSA) is 68.5 Å². The fraction of sp³-hybridized carbons (Fsp3) is 0.235. The quantitative estimate of drug-likeness (QED) is 0.766. The minimum Gasteiger partial charge on any atom is -0.492 e. The Morgan fingerprint density at radius 1 is 1.42 bits per heavy atom. The van der Waals surface area contributed by atoms with E-state index < -0.39 is 0 Å². The summed E-state index contributed by atoms with van der Waals surface area (Å²) in [5.74, 6) is 1.15. The van der Waals surface area contributed by atoms with Crippen LogP contribution in [0.4, 0.5) is 5.69 Å². The van der Waals surface area contributed by atoms with Crippen LogP contribution in [-0.2, 0) is 0 Å². The first-order valence-corrected chi connectivity index (χ1v) is 7.94. The third kappa shape index (κ3) is 3.65. The summed E-state index contributed by atoms with van der Waals surface area (Å²) in [6.45, 7) is 4.71. The number of hydrogen-bond acceptors (Lipinski definition) is 4. The van der Waals surface area contributed by atoms with E-state index in [1.807, 2.05) is 0 Å². The van der Waals surface area contributed by atoms with Gasteiger partial charge in [-0.3, -0.25) is 9.20 Å². The first-order chi connectivity index (χ1) is 11.5. The number of halogens is 1. The van der Waals surface area contributed by atoms with Gasteiger partial charge in [0.15, 0.2) is 0 Å². The van der Waals surface area contributed by atoms with Gasteiger partial charge in [-0.25, -0.2) is 9.97 Å². The normalized spacial score (nSPS) is 11.0. The Labute approximate surface area is 144 Å². The lowest BCUT2D eigenvalue weighted by Crippen LogP contribution is -2.12. The summed E-state index contributed by atoms with van der Waals surface area (Å²) in [6.07, 6.45) is 5.03. The first kappa shape index (κ1) is 16.3. The molecule has 24 heavy (non-hydrogen) atoms. The lowest BCUT2D eigenvalue weighted by molar-refractivity contribution is 0.102. The number of amides is 1. The molecule has 0 bridgehead atoms. The minimum atomic E-state index is -0.326. The number of carbonyl (C=O) groups is 1. The van der Waals surface area contributed by atoms with E-state index in [0.29, 0.717) is 34.8 Å². The third-order valence-electron chi connectivity index (χ3n) is 3.23. The molecule has 3 rings (SSSR count). The predicted molar refractivity (Wildman–Crippen MR) is 92.7 cm³/mol. The van der Waals surface area contributed by atoms with Gasteiger partial charge in [-0.05, 0) is 30.2 Å². The monoisotopic (exact) mass is 344 g/mol. The predicted octanol–water partition coefficient (Wildman–Crippen LogP) is 3.67. The molecule has 2 aromatic heterocycles. The summed E-state index contributed by atoms with van der Waals surface area (Å²) in [6, 6.07) is 6.91. The number of fused-ring (bicyclic) bond motifs is 1. The average molecular weight is 345 g/mol. The molecule has 0 atom stereocenters. The Balaban J connectivity index is 1.73. The molecule has 1 aromatic carbocycles. The molecule has 6 nitrogen and oxygen atoms in total. The standard InChI is InChI=1S/C17H17ClN4O2/c1-11(2)10-24-15-5-4-12(8-13(15)18)20-16(23)14-9-22-7-3-6-19-17(22)21-14/h3-9,11H,10H2,1-2H3,(H,20,23). The second kappa shape index (κ2) is 6.88. The number of nitrogens with one attached hydrogen (secondary N) is 1. The number of nitrogens with zero attached hydrogens (tertiary/aromatic N) is 3. The number of hydrogen-bond donors (Lipinski definition) is 1. The zero-order valence-electron chi connectivity index (χ0n) is 13.4. The molecule has 0 radical (unpaired) electrons. The van der Waals surface area contributed by atoms with Gasteiger partial charge >= 0.3 is 0 Å². The van der Waals surface area contributed by atoms with Crippen LogP contribution < -0.4 is 10.1 Å². The molecule has 0 fully saturated rings. The number of aromatic nitrogens is 3. The maximum absolute atomic E-state index is 12.3. The molecule has 7 heteroatoms. The van der Waals surface area contributed by atoms with Gasteiger partial charge in [0.2, 0.25) is 5.78 Å². The van der Waals surface area contributed by atoms with Crippen LogP contribution in [0.1, 0.15) is 24.3 Å². The highest BCUT2D eigenvalue weighted by atomic mass is 35.5. The largest absolute Gasteiger partial charge is 0.492 e. The molecule has 0 aliphatic heterocycles. The Bertz CT molecular complexity index is 843. The van der Waals surface area contributed by atoms with Crippen LogP contribution >= 0.6 is 11.6 Å². The highest BCUT2D eigenvalue weighted by Crippen LogP contribution is 2.28. The number of benzene rings is 1. The molecule has 1 N–H and O–H groups in total. The average Bonchev–Trinajstić information content (AvgIpc) is 2.98. The van der Waals surface area contributed by atoms with Gasteiger partial charge in [0, 0.05) is 24.3 Å². The first-order valence-electron chi connectivity index (χ1n) is 7.56. The van der Waals surface area contributed by atoms with Gasteiger partial charge in [-0.2, -0.15) is 0 Å². The second-order valence-corrected chi connectivity index (χ2v) is 6.16. The smallest absolute Gasteiger partial charge is 0.275 e. The van der Waals surface area contributed by atoms with E-state index in [9.17, 15) is 4.79 Å². The van der Waals surface area contributed by atoms with Crippen molar-refractivity contribution in [2.45, 2.75) is 13.8 Å². The van der Waals surface area contributed by atoms with Crippen LogP contribution in [0.5, 0.6) is 5.75 Å². The zero-order valence-corrected chi connectivity index (χ0v) is 14.1. The zero-order chi connectivity index (χ0) is 17.1. The van der Waals surface area contributed by atoms with Gasteiger partial charge in [0.05, 0.1) is 11.6 Å². The fourth-order valence-corrected chi connectivity index (χ4v) is 2.32. The molecule has 1 amide bonds. The van der Waals surface area contributed by atoms with E-state index >= 15 is 0 Å². The fourth-order valence-electron chi connectivity index (χ4n) is 2.09. The number of ether oxygens (including phenoxy) is 1. The van der Waals surface area contributed by atoms with Crippen molar-refractivity contribution in [2.24, 2.45) is 5.92 Å². The molecule has 0 spiro atoms. The van der Waals surface area contributed by atoms with Crippen molar-refractivity contribution in [3.05, 3.63) is 53.6 Å². The van der Waals surface area contributed by atoms with E-state index in [1.54, 1.807) is 47.3 Å². The van der Waals surface area contributed by atoms with Crippen LogP contribution in [0, 0.1) is 5.92 Å². The Morgan fingerprint density at radius 3 is 2.96 bits per heavy atom. The SMILES string of the molecule is CC(C)COc1ccc(NC(=O)c2cn3cccnc3n2)cc1Cl. The molecule has 0 saturated carbocycles. The highest BCUT2D eigenvalue weighted by molar-refractivity contribution is 6.32. The molecular weight excluding hydrogens is 328 g/mol. The second-order valence-electron chi connectivity index (χ2n) is 5.76. The maximum Gasteiger partial charge on any atom is 0.275 e. The van der Waals surface area contributed by atoms with Gasteiger partial charge in [0.25, 0.3) is 5.91 Å². The number of anilines is 1. The van der Waals surface area contributed by atoms with Gasteiger partial charge in [0.1, 0.15) is 11.4 Å². The molecule has 2 heterocycles. The van der Waals surface area contributed by atoms with Crippen molar-refractivity contribution in [1.82, 2.24) is 14.4 Å². The van der Waals surface area contributed by atoms with Crippen molar-refractivity contribution in [1.29, 1.82) is 0 Å². The summed E-state index contributed by atoms with van der Waals surface area (Å²) in [5.41, 5.74) is 0.858. The molecular formula is C17H17ClN4O2. The van der Waals surface area contributed by atoms with Gasteiger partial charge < -0.3 is 10.1 Å². The highest BCUT2D eigenvalue weighted by Gasteiger charge is 2.12. The van der Waals surface area contributed by atoms with Crippen LogP contribution in [-0.4, -0.2) is 26.9 Å². The van der Waals surface area contributed by atoms with Crippen molar-refractivity contribution >= 4 is 29.0 Å². The Hall–Kier alpha value is -2.60.